The molecule has 7 heteroatoms. The summed E-state index contributed by atoms with van der Waals surface area (Å²) in [4.78, 5) is 8.89. The van der Waals surface area contributed by atoms with Gasteiger partial charge in [-0.05, 0) is 44.0 Å². The van der Waals surface area contributed by atoms with Crippen molar-refractivity contribution in [3.8, 4) is 5.88 Å². The van der Waals surface area contributed by atoms with E-state index in [9.17, 15) is 4.39 Å². The van der Waals surface area contributed by atoms with Crippen molar-refractivity contribution in [2.24, 2.45) is 4.99 Å². The third-order valence-corrected chi connectivity index (χ3v) is 3.78. The third kappa shape index (κ3) is 6.44. The lowest BCUT2D eigenvalue weighted by Gasteiger charge is -2.18. The van der Waals surface area contributed by atoms with E-state index in [1.807, 2.05) is 32.0 Å². The smallest absolute Gasteiger partial charge is 0.213 e. The number of hydrogen-bond donors (Lipinski definition) is 2. The SMILES string of the molecule is CCNC(=NCc1cccc(OC)n1)NC(C)c1ccc(C)c(F)c1.I. The molecule has 1 atom stereocenters. The van der Waals surface area contributed by atoms with Crippen molar-refractivity contribution in [2.45, 2.75) is 33.4 Å². The molecule has 2 aromatic rings. The second-order valence-corrected chi connectivity index (χ2v) is 5.74. The fourth-order valence-electron chi connectivity index (χ4n) is 2.31. The number of guanidine groups is 1. The van der Waals surface area contributed by atoms with Crippen LogP contribution in [0.1, 0.15) is 36.7 Å². The third-order valence-electron chi connectivity index (χ3n) is 3.78. The molecule has 1 heterocycles. The minimum Gasteiger partial charge on any atom is -0.481 e. The van der Waals surface area contributed by atoms with Crippen LogP contribution < -0.4 is 15.4 Å². The zero-order valence-electron chi connectivity index (χ0n) is 15.5. The minimum absolute atomic E-state index is 0. The zero-order chi connectivity index (χ0) is 18.2. The number of halogens is 2. The summed E-state index contributed by atoms with van der Waals surface area (Å²) in [7, 11) is 1.59. The fourth-order valence-corrected chi connectivity index (χ4v) is 2.31. The standard InChI is InChI=1S/C19H25FN4O.HI/c1-5-21-19(22-12-16-7-6-8-18(24-16)25-4)23-14(3)15-10-9-13(2)17(20)11-15;/h6-11,14H,5,12H2,1-4H3,(H2,21,22,23);1H. The number of hydrogen-bond acceptors (Lipinski definition) is 3. The van der Waals surface area contributed by atoms with E-state index in [2.05, 4.69) is 20.6 Å². The molecule has 2 N–H and O–H groups in total. The monoisotopic (exact) mass is 472 g/mol. The van der Waals surface area contributed by atoms with Crippen LogP contribution in [-0.4, -0.2) is 24.6 Å². The van der Waals surface area contributed by atoms with Crippen molar-refractivity contribution < 1.29 is 9.13 Å². The van der Waals surface area contributed by atoms with Crippen molar-refractivity contribution in [3.05, 3.63) is 59.0 Å². The highest BCUT2D eigenvalue weighted by atomic mass is 127. The molecule has 0 amide bonds. The van der Waals surface area contributed by atoms with Gasteiger partial charge in [-0.15, -0.1) is 24.0 Å². The molecule has 0 spiro atoms. The Morgan fingerprint density at radius 2 is 2.08 bits per heavy atom. The van der Waals surface area contributed by atoms with Gasteiger partial charge >= 0.3 is 0 Å². The van der Waals surface area contributed by atoms with Crippen LogP contribution in [0.5, 0.6) is 5.88 Å². The summed E-state index contributed by atoms with van der Waals surface area (Å²) in [5, 5.41) is 6.49. The number of nitrogens with zero attached hydrogens (tertiary/aromatic N) is 2. The van der Waals surface area contributed by atoms with E-state index in [1.54, 1.807) is 32.2 Å². The van der Waals surface area contributed by atoms with Gasteiger partial charge in [-0.3, -0.25) is 0 Å². The quantitative estimate of drug-likeness (QED) is 0.380. The highest BCUT2D eigenvalue weighted by Crippen LogP contribution is 2.16. The first-order chi connectivity index (χ1) is 12.0. The summed E-state index contributed by atoms with van der Waals surface area (Å²) in [5.74, 6) is 1.02. The Morgan fingerprint density at radius 1 is 1.31 bits per heavy atom. The molecule has 2 rings (SSSR count). The molecule has 0 aliphatic heterocycles. The Morgan fingerprint density at radius 3 is 2.73 bits per heavy atom. The molecular weight excluding hydrogens is 446 g/mol. The largest absolute Gasteiger partial charge is 0.481 e. The van der Waals surface area contributed by atoms with Gasteiger partial charge in [0.05, 0.1) is 25.4 Å². The number of aryl methyl sites for hydroxylation is 1. The predicted molar refractivity (Wildman–Crippen MR) is 114 cm³/mol. The summed E-state index contributed by atoms with van der Waals surface area (Å²) in [6.07, 6.45) is 0. The van der Waals surface area contributed by atoms with Crippen molar-refractivity contribution >= 4 is 29.9 Å². The number of benzene rings is 1. The molecule has 0 aliphatic rings. The number of pyridine rings is 1. The maximum Gasteiger partial charge on any atom is 0.213 e. The lowest BCUT2D eigenvalue weighted by molar-refractivity contribution is 0.396. The number of aliphatic imine (C=N–C) groups is 1. The van der Waals surface area contributed by atoms with E-state index in [0.717, 1.165) is 17.8 Å². The molecule has 1 aromatic heterocycles. The van der Waals surface area contributed by atoms with Crippen molar-refractivity contribution in [3.63, 3.8) is 0 Å². The Bertz CT molecular complexity index is 739. The van der Waals surface area contributed by atoms with Crippen LogP contribution in [0.2, 0.25) is 0 Å². The van der Waals surface area contributed by atoms with E-state index >= 15 is 0 Å². The molecule has 0 aliphatic carbocycles. The van der Waals surface area contributed by atoms with Crippen molar-refractivity contribution in [2.75, 3.05) is 13.7 Å². The van der Waals surface area contributed by atoms with E-state index in [4.69, 9.17) is 4.74 Å². The Hall–Kier alpha value is -1.90. The molecule has 0 bridgehead atoms. The molecule has 1 unspecified atom stereocenters. The highest BCUT2D eigenvalue weighted by Gasteiger charge is 2.10. The Kier molecular flexibility index (Phi) is 9.32. The van der Waals surface area contributed by atoms with Crippen LogP contribution in [0, 0.1) is 12.7 Å². The molecule has 0 fully saturated rings. The Labute approximate surface area is 171 Å². The van der Waals surface area contributed by atoms with Gasteiger partial charge in [-0.2, -0.15) is 0 Å². The van der Waals surface area contributed by atoms with Gasteiger partial charge in [0.25, 0.3) is 0 Å². The molecule has 0 saturated heterocycles. The summed E-state index contributed by atoms with van der Waals surface area (Å²) in [5.41, 5.74) is 2.32. The van der Waals surface area contributed by atoms with Crippen LogP contribution in [0.15, 0.2) is 41.4 Å². The molecule has 1 aromatic carbocycles. The maximum absolute atomic E-state index is 13.8. The van der Waals surface area contributed by atoms with Gasteiger partial charge in [-0.25, -0.2) is 14.4 Å². The lowest BCUT2D eigenvalue weighted by atomic mass is 10.1. The van der Waals surface area contributed by atoms with Gasteiger partial charge in [0.2, 0.25) is 5.88 Å². The predicted octanol–water partition coefficient (Wildman–Crippen LogP) is 3.97. The molecular formula is C19H26FIN4O. The van der Waals surface area contributed by atoms with Crippen molar-refractivity contribution in [1.29, 1.82) is 0 Å². The van der Waals surface area contributed by atoms with Gasteiger partial charge in [-0.1, -0.05) is 18.2 Å². The summed E-state index contributed by atoms with van der Waals surface area (Å²) >= 11 is 0. The van der Waals surface area contributed by atoms with Crippen LogP contribution in [0.4, 0.5) is 4.39 Å². The molecule has 5 nitrogen and oxygen atoms in total. The first kappa shape index (κ1) is 22.1. The van der Waals surface area contributed by atoms with Gasteiger partial charge in [0.1, 0.15) is 5.82 Å². The number of nitrogens with one attached hydrogen (secondary N) is 2. The highest BCUT2D eigenvalue weighted by molar-refractivity contribution is 14.0. The topological polar surface area (TPSA) is 58.5 Å². The molecule has 26 heavy (non-hydrogen) atoms. The van der Waals surface area contributed by atoms with Gasteiger partial charge in [0, 0.05) is 12.6 Å². The molecule has 142 valence electrons. The number of aromatic nitrogens is 1. The normalized spacial score (nSPS) is 12.1. The zero-order valence-corrected chi connectivity index (χ0v) is 17.9. The van der Waals surface area contributed by atoms with E-state index in [-0.39, 0.29) is 35.8 Å². The van der Waals surface area contributed by atoms with Crippen molar-refractivity contribution in [1.82, 2.24) is 15.6 Å². The van der Waals surface area contributed by atoms with E-state index < -0.39 is 0 Å². The number of ether oxygens (including phenoxy) is 1. The summed E-state index contributed by atoms with van der Waals surface area (Å²) in [6, 6.07) is 10.8. The van der Waals surface area contributed by atoms with Crippen LogP contribution >= 0.6 is 24.0 Å². The Balaban J connectivity index is 0.00000338. The van der Waals surface area contributed by atoms with Crippen LogP contribution in [-0.2, 0) is 6.54 Å². The number of rotatable bonds is 6. The average Bonchev–Trinajstić information content (AvgIpc) is 2.62. The number of methoxy groups -OCH3 is 1. The van der Waals surface area contributed by atoms with E-state index in [0.29, 0.717) is 23.9 Å². The molecule has 0 radical (unpaired) electrons. The second kappa shape index (κ2) is 10.9. The second-order valence-electron chi connectivity index (χ2n) is 5.74. The van der Waals surface area contributed by atoms with E-state index in [1.165, 1.54) is 0 Å². The first-order valence-corrected chi connectivity index (χ1v) is 8.34. The van der Waals surface area contributed by atoms with Gasteiger partial charge in [0.15, 0.2) is 5.96 Å². The van der Waals surface area contributed by atoms with Crippen LogP contribution in [0.25, 0.3) is 0 Å². The van der Waals surface area contributed by atoms with Crippen LogP contribution in [0.3, 0.4) is 0 Å². The maximum atomic E-state index is 13.8. The fraction of sp³-hybridized carbons (Fsp3) is 0.368. The minimum atomic E-state index is -0.200. The lowest BCUT2D eigenvalue weighted by Crippen LogP contribution is -2.38. The summed E-state index contributed by atoms with van der Waals surface area (Å²) < 4.78 is 18.9. The van der Waals surface area contributed by atoms with Gasteiger partial charge < -0.3 is 15.4 Å². The first-order valence-electron chi connectivity index (χ1n) is 8.34. The summed E-state index contributed by atoms with van der Waals surface area (Å²) in [6.45, 7) is 6.87. The average molecular weight is 472 g/mol. The molecule has 0 saturated carbocycles.